The molecule has 0 aliphatic heterocycles. The third-order valence-electron chi connectivity index (χ3n) is 17.9. The van der Waals surface area contributed by atoms with Crippen molar-refractivity contribution in [3.63, 3.8) is 0 Å². The van der Waals surface area contributed by atoms with Crippen LogP contribution in [0.3, 0.4) is 0 Å². The molecule has 0 spiro atoms. The standard InChI is InChI=1S/C72H148N.C2H5O/c1-5-9-13-17-21-25-29-33-37-41-45-49-53-57-61-65-69-73(70-66-62-58-54-50-46-42-38-34-30-26-22-18-14-10-6-2,71-67-63-59-55-51-47-43-39-35-31-27-23-19-15-11-7-3)72-68-64-60-56-52-48-44-40-36-32-28-24-20-16-12-8-4;1-2-3/h5-72H2,1-4H3;2H2,1H3/q+1;-1. The molecule has 0 saturated heterocycles. The number of hydrogen-bond acceptors (Lipinski definition) is 1. The minimum Gasteiger partial charge on any atom is -0.855 e. The summed E-state index contributed by atoms with van der Waals surface area (Å²) in [7, 11) is 0. The van der Waals surface area contributed by atoms with E-state index in [1.165, 1.54) is 442 Å². The molecule has 0 aromatic heterocycles. The highest BCUT2D eigenvalue weighted by Crippen LogP contribution is 2.23. The Morgan fingerprint density at radius 3 is 0.316 bits per heavy atom. The molecule has 76 heavy (non-hydrogen) atoms. The molecule has 0 heterocycles. The van der Waals surface area contributed by atoms with Gasteiger partial charge in [0.1, 0.15) is 0 Å². The highest BCUT2D eigenvalue weighted by atomic mass is 16.2. The van der Waals surface area contributed by atoms with Crippen LogP contribution in [0.1, 0.15) is 446 Å². The van der Waals surface area contributed by atoms with Crippen molar-refractivity contribution in [3.05, 3.63) is 0 Å². The predicted molar refractivity (Wildman–Crippen MR) is 348 cm³/mol. The number of quaternary nitrogens is 1. The van der Waals surface area contributed by atoms with E-state index in [1.807, 2.05) is 0 Å². The Bertz CT molecular complexity index is 798. The molecule has 0 bridgehead atoms. The molecule has 0 radical (unpaired) electrons. The molecule has 460 valence electrons. The molecule has 0 atom stereocenters. The second-order valence-electron chi connectivity index (χ2n) is 25.7. The van der Waals surface area contributed by atoms with Crippen LogP contribution in [-0.2, 0) is 0 Å². The minimum absolute atomic E-state index is 0. The van der Waals surface area contributed by atoms with Crippen LogP contribution >= 0.6 is 0 Å². The number of rotatable bonds is 68. The Balaban J connectivity index is 0. The second-order valence-corrected chi connectivity index (χ2v) is 25.7. The zero-order chi connectivity index (χ0) is 55.3. The maximum Gasteiger partial charge on any atom is 0.0786 e. The van der Waals surface area contributed by atoms with E-state index in [0.717, 1.165) is 0 Å². The topological polar surface area (TPSA) is 23.1 Å². The first-order valence-corrected chi connectivity index (χ1v) is 37.1. The molecule has 0 fully saturated rings. The predicted octanol–water partition coefficient (Wildman–Crippen LogP) is 26.2. The Labute approximate surface area is 485 Å². The van der Waals surface area contributed by atoms with Crippen LogP contribution in [0, 0.1) is 0 Å². The van der Waals surface area contributed by atoms with Crippen molar-refractivity contribution >= 4 is 0 Å². The average Bonchev–Trinajstić information content (AvgIpc) is 3.42. The van der Waals surface area contributed by atoms with E-state index in [0.29, 0.717) is 0 Å². The normalized spacial score (nSPS) is 11.8. The number of hydrogen-bond donors (Lipinski definition) is 0. The van der Waals surface area contributed by atoms with Gasteiger partial charge in [-0.15, -0.1) is 6.61 Å². The van der Waals surface area contributed by atoms with E-state index >= 15 is 0 Å². The highest BCUT2D eigenvalue weighted by molar-refractivity contribution is 4.58. The maximum atomic E-state index is 8.93. The van der Waals surface area contributed by atoms with Gasteiger partial charge in [0.05, 0.1) is 26.2 Å². The Morgan fingerprint density at radius 1 is 0.145 bits per heavy atom. The largest absolute Gasteiger partial charge is 0.855 e. The fourth-order valence-corrected chi connectivity index (χ4v) is 12.7. The van der Waals surface area contributed by atoms with E-state index in [2.05, 4.69) is 27.7 Å². The lowest BCUT2D eigenvalue weighted by Crippen LogP contribution is -2.50. The average molecular weight is 1070 g/mol. The van der Waals surface area contributed by atoms with E-state index in [4.69, 9.17) is 5.11 Å². The van der Waals surface area contributed by atoms with Gasteiger partial charge in [-0.2, -0.15) is 0 Å². The van der Waals surface area contributed by atoms with Gasteiger partial charge in [-0.1, -0.05) is 394 Å². The maximum absolute atomic E-state index is 8.93. The first-order chi connectivity index (χ1) is 37.7. The summed E-state index contributed by atoms with van der Waals surface area (Å²) in [6.07, 6.45) is 94.7. The Hall–Kier alpha value is -0.0800. The number of nitrogens with zero attached hydrogens (tertiary/aromatic N) is 1. The quantitative estimate of drug-likeness (QED) is 0.0440. The van der Waals surface area contributed by atoms with Crippen molar-refractivity contribution in [2.24, 2.45) is 0 Å². The highest BCUT2D eigenvalue weighted by Gasteiger charge is 2.26. The minimum atomic E-state index is 0. The number of unbranched alkanes of at least 4 members (excludes halogenated alkanes) is 60. The van der Waals surface area contributed by atoms with Gasteiger partial charge in [-0.05, 0) is 51.4 Å². The van der Waals surface area contributed by atoms with Gasteiger partial charge < -0.3 is 9.59 Å². The van der Waals surface area contributed by atoms with Gasteiger partial charge in [0.25, 0.3) is 0 Å². The molecular weight excluding hydrogens is 919 g/mol. The molecule has 2 heteroatoms. The van der Waals surface area contributed by atoms with Crippen LogP contribution in [0.15, 0.2) is 0 Å². The van der Waals surface area contributed by atoms with Gasteiger partial charge in [-0.25, -0.2) is 0 Å². The van der Waals surface area contributed by atoms with E-state index in [-0.39, 0.29) is 6.61 Å². The van der Waals surface area contributed by atoms with E-state index < -0.39 is 0 Å². The SMILES string of the molecule is CCCCCCCCCCCCCCCCCC[N+](CCCCCCCCCCCCCCCCCC)(CCCCCCCCCCCCCCCCCC)CCCCCCCCCCCCCCCCCC.CC[O-]. The lowest BCUT2D eigenvalue weighted by atomic mass is 10.0. The van der Waals surface area contributed by atoms with Crippen LogP contribution < -0.4 is 5.11 Å². The summed E-state index contributed by atoms with van der Waals surface area (Å²) in [6.45, 7) is 16.9. The van der Waals surface area contributed by atoms with Gasteiger partial charge in [-0.3, -0.25) is 0 Å². The van der Waals surface area contributed by atoms with Crippen LogP contribution in [-0.4, -0.2) is 37.3 Å². The third-order valence-corrected chi connectivity index (χ3v) is 17.9. The van der Waals surface area contributed by atoms with Crippen molar-refractivity contribution in [1.29, 1.82) is 0 Å². The summed E-state index contributed by atoms with van der Waals surface area (Å²) in [5.41, 5.74) is 0. The second kappa shape index (κ2) is 72.9. The zero-order valence-corrected chi connectivity index (χ0v) is 54.6. The fourth-order valence-electron chi connectivity index (χ4n) is 12.7. The molecule has 0 unspecified atom stereocenters. The molecule has 0 rings (SSSR count). The van der Waals surface area contributed by atoms with Gasteiger partial charge in [0, 0.05) is 0 Å². The van der Waals surface area contributed by atoms with Crippen molar-refractivity contribution < 1.29 is 9.59 Å². The summed E-state index contributed by atoms with van der Waals surface area (Å²) in [5.74, 6) is 0. The van der Waals surface area contributed by atoms with Crippen molar-refractivity contribution in [1.82, 2.24) is 0 Å². The summed E-state index contributed by atoms with van der Waals surface area (Å²) in [4.78, 5) is 0. The van der Waals surface area contributed by atoms with E-state index in [9.17, 15) is 0 Å². The van der Waals surface area contributed by atoms with Crippen molar-refractivity contribution in [3.8, 4) is 0 Å². The van der Waals surface area contributed by atoms with Gasteiger partial charge in [0.15, 0.2) is 0 Å². The first kappa shape index (κ1) is 78.0. The van der Waals surface area contributed by atoms with Crippen LogP contribution in [0.4, 0.5) is 0 Å². The molecule has 0 aromatic carbocycles. The lowest BCUT2D eigenvalue weighted by molar-refractivity contribution is -0.929. The van der Waals surface area contributed by atoms with Gasteiger partial charge >= 0.3 is 0 Å². The Kier molecular flexibility index (Phi) is 74.8. The fraction of sp³-hybridized carbons (Fsp3) is 1.00. The van der Waals surface area contributed by atoms with Crippen LogP contribution in [0.2, 0.25) is 0 Å². The smallest absolute Gasteiger partial charge is 0.0786 e. The molecule has 0 aromatic rings. The zero-order valence-electron chi connectivity index (χ0n) is 54.6. The molecule has 2 nitrogen and oxygen atoms in total. The third kappa shape index (κ3) is 68.2. The summed E-state index contributed by atoms with van der Waals surface area (Å²) in [5, 5.41) is 8.93. The first-order valence-electron chi connectivity index (χ1n) is 37.1. The van der Waals surface area contributed by atoms with Crippen molar-refractivity contribution in [2.75, 3.05) is 32.8 Å². The summed E-state index contributed by atoms with van der Waals surface area (Å²) < 4.78 is 1.49. The van der Waals surface area contributed by atoms with E-state index in [1.54, 1.807) is 6.92 Å². The lowest BCUT2D eigenvalue weighted by Gasteiger charge is -2.40. The molecule has 0 amide bonds. The molecule has 0 N–H and O–H groups in total. The van der Waals surface area contributed by atoms with Gasteiger partial charge in [0.2, 0.25) is 0 Å². The Morgan fingerprint density at radius 2 is 0.224 bits per heavy atom. The molecule has 0 aliphatic rings. The molecule has 0 aliphatic carbocycles. The molecule has 0 saturated carbocycles. The van der Waals surface area contributed by atoms with Crippen LogP contribution in [0.5, 0.6) is 0 Å². The van der Waals surface area contributed by atoms with Crippen LogP contribution in [0.25, 0.3) is 0 Å². The summed E-state index contributed by atoms with van der Waals surface area (Å²) >= 11 is 0. The summed E-state index contributed by atoms with van der Waals surface area (Å²) in [6, 6.07) is 0. The van der Waals surface area contributed by atoms with Crippen molar-refractivity contribution in [2.45, 2.75) is 446 Å². The monoisotopic (exact) mass is 1070 g/mol. The molecular formula is C74H153NO.